The highest BCUT2D eigenvalue weighted by atomic mass is 35.5. The number of sulfonamides is 1. The molecule has 0 spiro atoms. The van der Waals surface area contributed by atoms with Crippen molar-refractivity contribution in [1.29, 1.82) is 0 Å². The zero-order valence-corrected chi connectivity index (χ0v) is 17.5. The van der Waals surface area contributed by atoms with Crippen LogP contribution in [0.2, 0.25) is 5.02 Å². The molecule has 1 fully saturated rings. The predicted octanol–water partition coefficient (Wildman–Crippen LogP) is 3.74. The molecule has 1 unspecified atom stereocenters. The van der Waals surface area contributed by atoms with Crippen LogP contribution in [0.4, 0.5) is 10.5 Å². The molecule has 1 aliphatic heterocycles. The number of halogens is 1. The molecule has 1 saturated heterocycles. The lowest BCUT2D eigenvalue weighted by atomic mass is 9.92. The number of likely N-dealkylation sites (tertiary alicyclic amines) is 1. The van der Waals surface area contributed by atoms with Crippen molar-refractivity contribution in [2.24, 2.45) is 0 Å². The van der Waals surface area contributed by atoms with Crippen LogP contribution >= 0.6 is 11.6 Å². The molecule has 0 aliphatic carbocycles. The van der Waals surface area contributed by atoms with Gasteiger partial charge < -0.3 is 10.2 Å². The van der Waals surface area contributed by atoms with Crippen LogP contribution in [-0.2, 0) is 10.0 Å². The van der Waals surface area contributed by atoms with Gasteiger partial charge in [-0.25, -0.2) is 17.9 Å². The first-order valence-corrected chi connectivity index (χ1v) is 10.8. The average molecular weight is 402 g/mol. The number of carbonyl (C=O) groups is 1. The van der Waals surface area contributed by atoms with Crippen molar-refractivity contribution in [1.82, 2.24) is 9.62 Å². The highest BCUT2D eigenvalue weighted by Crippen LogP contribution is 2.35. The van der Waals surface area contributed by atoms with Gasteiger partial charge in [-0.15, -0.1) is 0 Å². The van der Waals surface area contributed by atoms with E-state index in [1.165, 1.54) is 0 Å². The first-order valence-electron chi connectivity index (χ1n) is 8.85. The second-order valence-corrected chi connectivity index (χ2v) is 9.94. The van der Waals surface area contributed by atoms with Gasteiger partial charge in [-0.3, -0.25) is 0 Å². The maximum Gasteiger partial charge on any atom is 0.332 e. The van der Waals surface area contributed by atoms with Crippen molar-refractivity contribution in [3.05, 3.63) is 28.3 Å². The van der Waals surface area contributed by atoms with Gasteiger partial charge in [0.15, 0.2) is 0 Å². The van der Waals surface area contributed by atoms with Gasteiger partial charge in [0.2, 0.25) is 10.0 Å². The van der Waals surface area contributed by atoms with Crippen LogP contribution in [0.1, 0.15) is 57.1 Å². The molecular weight excluding hydrogens is 374 g/mol. The quantitative estimate of drug-likeness (QED) is 0.787. The topological polar surface area (TPSA) is 78.5 Å². The molecule has 1 atom stereocenters. The molecule has 2 amide bonds. The SMILES string of the molecule is CC(C)c1cc(Cl)cc(C(C)C)c1NC(=O)NS(=O)(=O)C1CCN(C)C1. The summed E-state index contributed by atoms with van der Waals surface area (Å²) in [5, 5.41) is 2.79. The van der Waals surface area contributed by atoms with Gasteiger partial charge in [0.05, 0.1) is 5.25 Å². The van der Waals surface area contributed by atoms with Crippen molar-refractivity contribution in [3.63, 3.8) is 0 Å². The first kappa shape index (κ1) is 21.0. The lowest BCUT2D eigenvalue weighted by Gasteiger charge is -2.21. The van der Waals surface area contributed by atoms with Crippen molar-refractivity contribution >= 4 is 33.3 Å². The van der Waals surface area contributed by atoms with Gasteiger partial charge in [0.25, 0.3) is 0 Å². The number of amides is 2. The smallest absolute Gasteiger partial charge is 0.307 e. The number of nitrogens with zero attached hydrogens (tertiary/aromatic N) is 1. The summed E-state index contributed by atoms with van der Waals surface area (Å²) in [5.41, 5.74) is 2.40. The molecule has 0 aromatic heterocycles. The van der Waals surface area contributed by atoms with Crippen LogP contribution < -0.4 is 10.0 Å². The summed E-state index contributed by atoms with van der Waals surface area (Å²) in [6, 6.07) is 2.90. The standard InChI is InChI=1S/C18H28ClN3O3S/c1-11(2)15-8-13(19)9-16(12(3)4)17(15)20-18(23)21-26(24,25)14-6-7-22(5)10-14/h8-9,11-12,14H,6-7,10H2,1-5H3,(H2,20,21,23). The summed E-state index contributed by atoms with van der Waals surface area (Å²) in [4.78, 5) is 14.4. The number of hydrogen-bond acceptors (Lipinski definition) is 4. The Morgan fingerprint density at radius 1 is 1.19 bits per heavy atom. The largest absolute Gasteiger partial charge is 0.332 e. The molecule has 1 aromatic rings. The minimum atomic E-state index is -3.72. The van der Waals surface area contributed by atoms with Crippen molar-refractivity contribution in [2.45, 2.75) is 51.2 Å². The second kappa shape index (κ2) is 8.15. The Bertz CT molecular complexity index is 749. The minimum Gasteiger partial charge on any atom is -0.307 e. The molecule has 6 nitrogen and oxygen atoms in total. The van der Waals surface area contributed by atoms with Crippen molar-refractivity contribution in [2.75, 3.05) is 25.5 Å². The van der Waals surface area contributed by atoms with Crippen LogP contribution in [0.3, 0.4) is 0 Å². The molecule has 1 aromatic carbocycles. The number of rotatable bonds is 5. The summed E-state index contributed by atoms with van der Waals surface area (Å²) in [6.45, 7) is 9.15. The Kier molecular flexibility index (Phi) is 6.58. The van der Waals surface area contributed by atoms with Crippen molar-refractivity contribution < 1.29 is 13.2 Å². The van der Waals surface area contributed by atoms with Gasteiger partial charge in [0.1, 0.15) is 0 Å². The zero-order valence-electron chi connectivity index (χ0n) is 16.0. The molecule has 1 heterocycles. The van der Waals surface area contributed by atoms with E-state index >= 15 is 0 Å². The fraction of sp³-hybridized carbons (Fsp3) is 0.611. The number of benzene rings is 1. The maximum atomic E-state index is 12.5. The number of nitrogens with one attached hydrogen (secondary N) is 2. The van der Waals surface area contributed by atoms with Gasteiger partial charge in [0, 0.05) is 17.3 Å². The number of hydrogen-bond donors (Lipinski definition) is 2. The lowest BCUT2D eigenvalue weighted by molar-refractivity contribution is 0.256. The molecule has 26 heavy (non-hydrogen) atoms. The Morgan fingerprint density at radius 2 is 1.73 bits per heavy atom. The Labute approximate surface area is 161 Å². The van der Waals surface area contributed by atoms with E-state index in [-0.39, 0.29) is 11.8 Å². The number of urea groups is 1. The van der Waals surface area contributed by atoms with E-state index in [9.17, 15) is 13.2 Å². The fourth-order valence-electron chi connectivity index (χ4n) is 3.20. The molecule has 1 aliphatic rings. The number of carbonyl (C=O) groups excluding carboxylic acids is 1. The zero-order chi connectivity index (χ0) is 19.6. The van der Waals surface area contributed by atoms with E-state index in [4.69, 9.17) is 11.6 Å². The van der Waals surface area contributed by atoms with Crippen LogP contribution in [-0.4, -0.2) is 44.7 Å². The average Bonchev–Trinajstić information content (AvgIpc) is 2.95. The highest BCUT2D eigenvalue weighted by molar-refractivity contribution is 7.90. The summed E-state index contributed by atoms with van der Waals surface area (Å²) in [7, 11) is -1.85. The van der Waals surface area contributed by atoms with E-state index in [2.05, 4.69) is 10.0 Å². The summed E-state index contributed by atoms with van der Waals surface area (Å²) in [6.07, 6.45) is 0.522. The van der Waals surface area contributed by atoms with E-state index < -0.39 is 21.3 Å². The van der Waals surface area contributed by atoms with Gasteiger partial charge >= 0.3 is 6.03 Å². The first-order chi connectivity index (χ1) is 12.0. The summed E-state index contributed by atoms with van der Waals surface area (Å²) < 4.78 is 27.1. The maximum absolute atomic E-state index is 12.5. The van der Waals surface area contributed by atoms with Gasteiger partial charge in [-0.05, 0) is 55.1 Å². The van der Waals surface area contributed by atoms with Crippen molar-refractivity contribution in [3.8, 4) is 0 Å². The van der Waals surface area contributed by atoms with E-state index in [0.29, 0.717) is 30.2 Å². The van der Waals surface area contributed by atoms with E-state index in [1.54, 1.807) is 0 Å². The monoisotopic (exact) mass is 401 g/mol. The Hall–Kier alpha value is -1.31. The van der Waals surface area contributed by atoms with E-state index in [0.717, 1.165) is 11.1 Å². The third-order valence-electron chi connectivity index (χ3n) is 4.67. The molecule has 0 bridgehead atoms. The second-order valence-electron chi connectivity index (χ2n) is 7.54. The predicted molar refractivity (Wildman–Crippen MR) is 107 cm³/mol. The summed E-state index contributed by atoms with van der Waals surface area (Å²) >= 11 is 6.22. The normalized spacial score (nSPS) is 18.5. The van der Waals surface area contributed by atoms with Crippen LogP contribution in [0.15, 0.2) is 12.1 Å². The van der Waals surface area contributed by atoms with Crippen LogP contribution in [0.25, 0.3) is 0 Å². The van der Waals surface area contributed by atoms with Gasteiger partial charge in [-0.1, -0.05) is 39.3 Å². The molecule has 0 saturated carbocycles. The van der Waals surface area contributed by atoms with Crippen LogP contribution in [0.5, 0.6) is 0 Å². The van der Waals surface area contributed by atoms with Crippen LogP contribution in [0, 0.1) is 0 Å². The molecule has 2 rings (SSSR count). The number of anilines is 1. The highest BCUT2D eigenvalue weighted by Gasteiger charge is 2.33. The minimum absolute atomic E-state index is 0.126. The fourth-order valence-corrected chi connectivity index (χ4v) is 4.78. The summed E-state index contributed by atoms with van der Waals surface area (Å²) in [5.74, 6) is 0.253. The molecule has 2 N–H and O–H groups in total. The third-order valence-corrected chi connectivity index (χ3v) is 6.62. The Morgan fingerprint density at radius 3 is 2.15 bits per heavy atom. The molecule has 146 valence electrons. The van der Waals surface area contributed by atoms with E-state index in [1.807, 2.05) is 51.8 Å². The van der Waals surface area contributed by atoms with Gasteiger partial charge in [-0.2, -0.15) is 0 Å². The molecular formula is C18H28ClN3O3S. The third kappa shape index (κ3) is 4.90. The lowest BCUT2D eigenvalue weighted by Crippen LogP contribution is -2.41. The molecule has 0 radical (unpaired) electrons. The Balaban J connectivity index is 2.25. The molecule has 8 heteroatoms.